The van der Waals surface area contributed by atoms with Crippen molar-refractivity contribution in [3.8, 4) is 5.75 Å². The third-order valence-electron chi connectivity index (χ3n) is 2.41. The van der Waals surface area contributed by atoms with Gasteiger partial charge in [-0.25, -0.2) is 4.39 Å². The highest BCUT2D eigenvalue weighted by molar-refractivity contribution is 5.34. The third-order valence-corrected chi connectivity index (χ3v) is 2.41. The van der Waals surface area contributed by atoms with E-state index in [4.69, 9.17) is 4.74 Å². The summed E-state index contributed by atoms with van der Waals surface area (Å²) in [7, 11) is 1.50. The van der Waals surface area contributed by atoms with Gasteiger partial charge < -0.3 is 10.1 Å². The summed E-state index contributed by atoms with van der Waals surface area (Å²) in [6.07, 6.45) is 2.47. The standard InChI is InChI=1S/C11H14FNO/c1-14-11-8(3-2-4-10(11)12)7-13-9-5-6-9/h2-4,9,13H,5-7H2,1H3. The number of hydrogen-bond acceptors (Lipinski definition) is 2. The number of para-hydroxylation sites is 1. The van der Waals surface area contributed by atoms with Crippen molar-refractivity contribution < 1.29 is 9.13 Å². The maximum Gasteiger partial charge on any atom is 0.165 e. The Morgan fingerprint density at radius 3 is 2.93 bits per heavy atom. The fourth-order valence-electron chi connectivity index (χ4n) is 1.46. The van der Waals surface area contributed by atoms with Crippen LogP contribution in [0.2, 0.25) is 0 Å². The molecule has 0 unspecified atom stereocenters. The van der Waals surface area contributed by atoms with Gasteiger partial charge in [-0.3, -0.25) is 0 Å². The summed E-state index contributed by atoms with van der Waals surface area (Å²) >= 11 is 0. The van der Waals surface area contributed by atoms with Gasteiger partial charge in [0.2, 0.25) is 0 Å². The van der Waals surface area contributed by atoms with E-state index in [2.05, 4.69) is 5.32 Å². The molecule has 2 rings (SSSR count). The average Bonchev–Trinajstić information content (AvgIpc) is 2.98. The summed E-state index contributed by atoms with van der Waals surface area (Å²) in [6.45, 7) is 0.686. The van der Waals surface area contributed by atoms with E-state index in [0.29, 0.717) is 18.3 Å². The van der Waals surface area contributed by atoms with Crippen LogP contribution in [0.4, 0.5) is 4.39 Å². The lowest BCUT2D eigenvalue weighted by Gasteiger charge is -2.09. The Labute approximate surface area is 83.1 Å². The van der Waals surface area contributed by atoms with Gasteiger partial charge in [-0.1, -0.05) is 12.1 Å². The van der Waals surface area contributed by atoms with Crippen LogP contribution in [-0.2, 0) is 6.54 Å². The van der Waals surface area contributed by atoms with Crippen LogP contribution < -0.4 is 10.1 Å². The molecule has 1 aliphatic carbocycles. The first-order valence-corrected chi connectivity index (χ1v) is 4.86. The van der Waals surface area contributed by atoms with Crippen molar-refractivity contribution in [3.63, 3.8) is 0 Å². The lowest BCUT2D eigenvalue weighted by Crippen LogP contribution is -2.16. The van der Waals surface area contributed by atoms with Crippen LogP contribution >= 0.6 is 0 Å². The molecule has 1 aliphatic rings. The molecule has 1 fully saturated rings. The zero-order chi connectivity index (χ0) is 9.97. The average molecular weight is 195 g/mol. The van der Waals surface area contributed by atoms with Gasteiger partial charge in [-0.15, -0.1) is 0 Å². The summed E-state index contributed by atoms with van der Waals surface area (Å²) in [5, 5.41) is 3.33. The molecule has 0 aromatic heterocycles. The van der Waals surface area contributed by atoms with Gasteiger partial charge in [0, 0.05) is 18.2 Å². The lowest BCUT2D eigenvalue weighted by atomic mass is 10.2. The van der Waals surface area contributed by atoms with Crippen LogP contribution in [0.25, 0.3) is 0 Å². The number of ether oxygens (including phenoxy) is 1. The fourth-order valence-corrected chi connectivity index (χ4v) is 1.46. The van der Waals surface area contributed by atoms with E-state index < -0.39 is 0 Å². The highest BCUT2D eigenvalue weighted by Crippen LogP contribution is 2.24. The summed E-state index contributed by atoms with van der Waals surface area (Å²) < 4.78 is 18.3. The van der Waals surface area contributed by atoms with Gasteiger partial charge >= 0.3 is 0 Å². The molecule has 2 nitrogen and oxygen atoms in total. The minimum atomic E-state index is -0.289. The molecule has 0 spiro atoms. The molecule has 0 heterocycles. The Bertz CT molecular complexity index is 323. The van der Waals surface area contributed by atoms with Crippen LogP contribution in [0, 0.1) is 5.82 Å². The molecule has 1 N–H and O–H groups in total. The number of halogens is 1. The normalized spacial score (nSPS) is 15.6. The first kappa shape index (κ1) is 9.46. The number of rotatable bonds is 4. The van der Waals surface area contributed by atoms with Crippen molar-refractivity contribution in [1.82, 2.24) is 5.32 Å². The third kappa shape index (κ3) is 2.04. The molecule has 0 saturated heterocycles. The van der Waals surface area contributed by atoms with Crippen molar-refractivity contribution in [1.29, 1.82) is 0 Å². The van der Waals surface area contributed by atoms with Crippen LogP contribution in [0.3, 0.4) is 0 Å². The molecule has 0 radical (unpaired) electrons. The zero-order valence-electron chi connectivity index (χ0n) is 8.22. The van der Waals surface area contributed by atoms with Gasteiger partial charge in [0.05, 0.1) is 7.11 Å². The monoisotopic (exact) mass is 195 g/mol. The SMILES string of the molecule is COc1c(F)cccc1CNC1CC1. The van der Waals surface area contributed by atoms with Gasteiger partial charge in [0.1, 0.15) is 0 Å². The molecule has 76 valence electrons. The van der Waals surface area contributed by atoms with Crippen molar-refractivity contribution in [2.75, 3.05) is 7.11 Å². The van der Waals surface area contributed by atoms with Gasteiger partial charge in [-0.2, -0.15) is 0 Å². The van der Waals surface area contributed by atoms with E-state index >= 15 is 0 Å². The lowest BCUT2D eigenvalue weighted by molar-refractivity contribution is 0.379. The molecule has 0 aliphatic heterocycles. The summed E-state index contributed by atoms with van der Waals surface area (Å²) in [5.41, 5.74) is 0.888. The smallest absolute Gasteiger partial charge is 0.165 e. The second-order valence-electron chi connectivity index (χ2n) is 3.59. The van der Waals surface area contributed by atoms with E-state index in [1.54, 1.807) is 6.07 Å². The summed E-state index contributed by atoms with van der Waals surface area (Å²) in [4.78, 5) is 0. The molecule has 0 bridgehead atoms. The first-order chi connectivity index (χ1) is 6.81. The highest BCUT2D eigenvalue weighted by atomic mass is 19.1. The predicted octanol–water partition coefficient (Wildman–Crippen LogP) is 2.09. The fraction of sp³-hybridized carbons (Fsp3) is 0.455. The predicted molar refractivity (Wildman–Crippen MR) is 52.8 cm³/mol. The maximum absolute atomic E-state index is 13.2. The highest BCUT2D eigenvalue weighted by Gasteiger charge is 2.20. The Morgan fingerprint density at radius 1 is 1.50 bits per heavy atom. The van der Waals surface area contributed by atoms with Crippen LogP contribution in [0.1, 0.15) is 18.4 Å². The molecular formula is C11H14FNO. The second kappa shape index (κ2) is 3.96. The molecule has 1 aromatic rings. The molecule has 3 heteroatoms. The van der Waals surface area contributed by atoms with Gasteiger partial charge in [0.25, 0.3) is 0 Å². The van der Waals surface area contributed by atoms with E-state index in [0.717, 1.165) is 5.56 Å². The van der Waals surface area contributed by atoms with Gasteiger partial charge in [-0.05, 0) is 18.9 Å². The molecule has 1 saturated carbocycles. The van der Waals surface area contributed by atoms with Crippen molar-refractivity contribution in [2.45, 2.75) is 25.4 Å². The molecule has 0 atom stereocenters. The Morgan fingerprint density at radius 2 is 2.29 bits per heavy atom. The second-order valence-corrected chi connectivity index (χ2v) is 3.59. The quantitative estimate of drug-likeness (QED) is 0.794. The topological polar surface area (TPSA) is 21.3 Å². The van der Waals surface area contributed by atoms with Crippen LogP contribution in [0.15, 0.2) is 18.2 Å². The number of methoxy groups -OCH3 is 1. The van der Waals surface area contributed by atoms with Gasteiger partial charge in [0.15, 0.2) is 11.6 Å². The van der Waals surface area contributed by atoms with E-state index in [9.17, 15) is 4.39 Å². The largest absolute Gasteiger partial charge is 0.493 e. The Balaban J connectivity index is 2.09. The summed E-state index contributed by atoms with van der Waals surface area (Å²) in [5.74, 6) is 0.0725. The Kier molecular flexibility index (Phi) is 2.68. The van der Waals surface area contributed by atoms with E-state index in [-0.39, 0.29) is 5.82 Å². The molecular weight excluding hydrogens is 181 g/mol. The number of benzene rings is 1. The van der Waals surface area contributed by atoms with E-state index in [1.165, 1.54) is 26.0 Å². The molecule has 1 aromatic carbocycles. The minimum absolute atomic E-state index is 0.289. The van der Waals surface area contributed by atoms with Crippen molar-refractivity contribution in [3.05, 3.63) is 29.6 Å². The van der Waals surface area contributed by atoms with Crippen LogP contribution in [-0.4, -0.2) is 13.2 Å². The molecule has 14 heavy (non-hydrogen) atoms. The van der Waals surface area contributed by atoms with E-state index in [1.807, 2.05) is 6.07 Å². The Hall–Kier alpha value is -1.09. The maximum atomic E-state index is 13.2. The minimum Gasteiger partial charge on any atom is -0.493 e. The number of nitrogens with one attached hydrogen (secondary N) is 1. The first-order valence-electron chi connectivity index (χ1n) is 4.86. The van der Waals surface area contributed by atoms with Crippen molar-refractivity contribution in [2.24, 2.45) is 0 Å². The van der Waals surface area contributed by atoms with Crippen molar-refractivity contribution >= 4 is 0 Å². The summed E-state index contributed by atoms with van der Waals surface area (Å²) in [6, 6.07) is 5.64. The molecule has 0 amide bonds. The van der Waals surface area contributed by atoms with Crippen LogP contribution in [0.5, 0.6) is 5.75 Å². The number of hydrogen-bond donors (Lipinski definition) is 1. The zero-order valence-corrected chi connectivity index (χ0v) is 8.22.